The Labute approximate surface area is 189 Å². The van der Waals surface area contributed by atoms with E-state index in [1.807, 2.05) is 58.9 Å². The Kier molecular flexibility index (Phi) is 9.11. The molecular weight excluding hydrogens is 411 g/mol. The molecule has 1 atom stereocenters. The molecule has 0 saturated heterocycles. The van der Waals surface area contributed by atoms with E-state index in [4.69, 9.17) is 0 Å². The summed E-state index contributed by atoms with van der Waals surface area (Å²) in [6.07, 6.45) is 0.511. The van der Waals surface area contributed by atoms with E-state index in [1.54, 1.807) is 23.1 Å². The van der Waals surface area contributed by atoms with Gasteiger partial charge in [-0.1, -0.05) is 55.0 Å². The molecule has 2 amide bonds. The fraction of sp³-hybridized carbons (Fsp3) is 0.440. The summed E-state index contributed by atoms with van der Waals surface area (Å²) in [6.45, 7) is 10.0. The number of aryl methyl sites for hydroxylation is 1. The van der Waals surface area contributed by atoms with Crippen molar-refractivity contribution in [1.29, 1.82) is 0 Å². The number of nitrogens with zero attached hydrogens (tertiary/aromatic N) is 1. The van der Waals surface area contributed by atoms with Crippen molar-refractivity contribution in [3.8, 4) is 0 Å². The molecule has 0 aromatic heterocycles. The van der Waals surface area contributed by atoms with Gasteiger partial charge in [-0.2, -0.15) is 0 Å². The van der Waals surface area contributed by atoms with Crippen molar-refractivity contribution in [2.75, 3.05) is 5.75 Å². The van der Waals surface area contributed by atoms with Gasteiger partial charge in [0.25, 0.3) is 0 Å². The van der Waals surface area contributed by atoms with E-state index in [-0.39, 0.29) is 28.9 Å². The molecule has 168 valence electrons. The van der Waals surface area contributed by atoms with Gasteiger partial charge < -0.3 is 10.2 Å². The van der Waals surface area contributed by atoms with Gasteiger partial charge in [0.05, 0.1) is 5.75 Å². The first-order chi connectivity index (χ1) is 14.6. The Hall–Kier alpha value is -2.34. The zero-order chi connectivity index (χ0) is 23.0. The standard InChI is InChI=1S/C25H33FN2O2S/c1-6-22(24(30)27-25(3,4)5)28(15-19-11-9-10-18(2)14-19)23(29)17-31-16-20-12-7-8-13-21(20)26/h7-14,22H,6,15-17H2,1-5H3,(H,27,30)/t22-/m1/s1. The van der Waals surface area contributed by atoms with Crippen molar-refractivity contribution in [2.45, 2.75) is 64.9 Å². The molecule has 0 fully saturated rings. The van der Waals surface area contributed by atoms with Crippen molar-refractivity contribution in [3.05, 3.63) is 71.0 Å². The Morgan fingerprint density at radius 1 is 1.13 bits per heavy atom. The summed E-state index contributed by atoms with van der Waals surface area (Å²) < 4.78 is 13.9. The zero-order valence-electron chi connectivity index (χ0n) is 19.1. The normalized spacial score (nSPS) is 12.3. The van der Waals surface area contributed by atoms with Crippen LogP contribution in [0.3, 0.4) is 0 Å². The highest BCUT2D eigenvalue weighted by Gasteiger charge is 2.30. The lowest BCUT2D eigenvalue weighted by atomic mass is 10.1. The first kappa shape index (κ1) is 24.9. The largest absolute Gasteiger partial charge is 0.350 e. The number of carbonyl (C=O) groups excluding carboxylic acids is 2. The molecule has 2 rings (SSSR count). The van der Waals surface area contributed by atoms with Crippen LogP contribution in [0.5, 0.6) is 0 Å². The summed E-state index contributed by atoms with van der Waals surface area (Å²) in [5.41, 5.74) is 2.27. The summed E-state index contributed by atoms with van der Waals surface area (Å²) in [5.74, 6) is 0.0325. The van der Waals surface area contributed by atoms with Gasteiger partial charge >= 0.3 is 0 Å². The van der Waals surface area contributed by atoms with Gasteiger partial charge in [0, 0.05) is 17.8 Å². The average molecular weight is 445 g/mol. The maximum Gasteiger partial charge on any atom is 0.243 e. The quantitative estimate of drug-likeness (QED) is 0.586. The molecule has 1 N–H and O–H groups in total. The van der Waals surface area contributed by atoms with Crippen LogP contribution in [0.4, 0.5) is 4.39 Å². The molecule has 0 saturated carbocycles. The number of thioether (sulfide) groups is 1. The van der Waals surface area contributed by atoms with Gasteiger partial charge in [-0.3, -0.25) is 9.59 Å². The topological polar surface area (TPSA) is 49.4 Å². The van der Waals surface area contributed by atoms with Crippen molar-refractivity contribution in [3.63, 3.8) is 0 Å². The van der Waals surface area contributed by atoms with Crippen molar-refractivity contribution in [2.24, 2.45) is 0 Å². The highest BCUT2D eigenvalue weighted by molar-refractivity contribution is 7.99. The molecule has 0 aliphatic rings. The van der Waals surface area contributed by atoms with E-state index in [2.05, 4.69) is 5.32 Å². The SMILES string of the molecule is CC[C@H](C(=O)NC(C)(C)C)N(Cc1cccc(C)c1)C(=O)CSCc1ccccc1F. The van der Waals surface area contributed by atoms with E-state index in [1.165, 1.54) is 17.8 Å². The van der Waals surface area contributed by atoms with Crippen LogP contribution in [-0.2, 0) is 21.9 Å². The molecule has 31 heavy (non-hydrogen) atoms. The molecule has 0 radical (unpaired) electrons. The van der Waals surface area contributed by atoms with E-state index < -0.39 is 6.04 Å². The highest BCUT2D eigenvalue weighted by atomic mass is 32.2. The second-order valence-electron chi connectivity index (χ2n) is 8.76. The highest BCUT2D eigenvalue weighted by Crippen LogP contribution is 2.19. The third kappa shape index (κ3) is 8.02. The van der Waals surface area contributed by atoms with Crippen LogP contribution in [0.15, 0.2) is 48.5 Å². The van der Waals surface area contributed by atoms with Crippen molar-refractivity contribution < 1.29 is 14.0 Å². The number of amides is 2. The van der Waals surface area contributed by atoms with E-state index in [9.17, 15) is 14.0 Å². The van der Waals surface area contributed by atoms with Crippen LogP contribution >= 0.6 is 11.8 Å². The molecule has 2 aromatic carbocycles. The van der Waals surface area contributed by atoms with E-state index in [0.29, 0.717) is 24.3 Å². The monoisotopic (exact) mass is 444 g/mol. The fourth-order valence-electron chi connectivity index (χ4n) is 3.33. The minimum Gasteiger partial charge on any atom is -0.350 e. The van der Waals surface area contributed by atoms with Crippen LogP contribution in [-0.4, -0.2) is 34.0 Å². The van der Waals surface area contributed by atoms with Crippen LogP contribution < -0.4 is 5.32 Å². The molecule has 4 nitrogen and oxygen atoms in total. The van der Waals surface area contributed by atoms with Crippen LogP contribution in [0.25, 0.3) is 0 Å². The maximum atomic E-state index is 13.9. The minimum absolute atomic E-state index is 0.126. The smallest absolute Gasteiger partial charge is 0.243 e. The number of hydrogen-bond donors (Lipinski definition) is 1. The number of nitrogens with one attached hydrogen (secondary N) is 1. The number of halogens is 1. The first-order valence-electron chi connectivity index (χ1n) is 10.6. The van der Waals surface area contributed by atoms with Gasteiger partial charge in [-0.25, -0.2) is 4.39 Å². The fourth-order valence-corrected chi connectivity index (χ4v) is 4.22. The Balaban J connectivity index is 2.17. The number of rotatable bonds is 9. The lowest BCUT2D eigenvalue weighted by Crippen LogP contribution is -2.53. The summed E-state index contributed by atoms with van der Waals surface area (Å²) in [5, 5.41) is 3.00. The van der Waals surface area contributed by atoms with E-state index in [0.717, 1.165) is 11.1 Å². The molecule has 0 unspecified atom stereocenters. The van der Waals surface area contributed by atoms with Gasteiger partial charge in [0.1, 0.15) is 11.9 Å². The van der Waals surface area contributed by atoms with Gasteiger partial charge in [0.15, 0.2) is 0 Å². The summed E-state index contributed by atoms with van der Waals surface area (Å²) in [7, 11) is 0. The van der Waals surface area contributed by atoms with Gasteiger partial charge in [0.2, 0.25) is 11.8 Å². The third-order valence-electron chi connectivity index (χ3n) is 4.76. The third-order valence-corrected chi connectivity index (χ3v) is 5.73. The Morgan fingerprint density at radius 2 is 1.84 bits per heavy atom. The average Bonchev–Trinajstić information content (AvgIpc) is 2.68. The molecule has 2 aromatic rings. The Bertz CT molecular complexity index is 895. The zero-order valence-corrected chi connectivity index (χ0v) is 19.9. The second-order valence-corrected chi connectivity index (χ2v) is 9.74. The molecular formula is C25H33FN2O2S. The lowest BCUT2D eigenvalue weighted by Gasteiger charge is -2.33. The maximum absolute atomic E-state index is 13.9. The predicted octanol–water partition coefficient (Wildman–Crippen LogP) is 5.09. The summed E-state index contributed by atoms with van der Waals surface area (Å²) in [4.78, 5) is 27.8. The van der Waals surface area contributed by atoms with E-state index >= 15 is 0 Å². The van der Waals surface area contributed by atoms with Crippen LogP contribution in [0.1, 0.15) is 50.8 Å². The van der Waals surface area contributed by atoms with Gasteiger partial charge in [-0.15, -0.1) is 11.8 Å². The summed E-state index contributed by atoms with van der Waals surface area (Å²) in [6, 6.07) is 14.0. The van der Waals surface area contributed by atoms with Crippen molar-refractivity contribution >= 4 is 23.6 Å². The molecule has 0 heterocycles. The molecule has 0 spiro atoms. The van der Waals surface area contributed by atoms with Crippen LogP contribution in [0, 0.1) is 12.7 Å². The van der Waals surface area contributed by atoms with Crippen LogP contribution in [0.2, 0.25) is 0 Å². The number of carbonyl (C=O) groups is 2. The lowest BCUT2D eigenvalue weighted by molar-refractivity contribution is -0.140. The molecule has 0 aliphatic heterocycles. The molecule has 6 heteroatoms. The number of benzene rings is 2. The Morgan fingerprint density at radius 3 is 2.45 bits per heavy atom. The second kappa shape index (κ2) is 11.3. The van der Waals surface area contributed by atoms with Crippen molar-refractivity contribution in [1.82, 2.24) is 10.2 Å². The molecule has 0 aliphatic carbocycles. The number of hydrogen-bond acceptors (Lipinski definition) is 3. The van der Waals surface area contributed by atoms with Gasteiger partial charge in [-0.05, 0) is 51.3 Å². The summed E-state index contributed by atoms with van der Waals surface area (Å²) >= 11 is 1.36. The molecule has 0 bridgehead atoms. The predicted molar refractivity (Wildman–Crippen MR) is 126 cm³/mol. The first-order valence-corrected chi connectivity index (χ1v) is 11.7. The minimum atomic E-state index is -0.568.